The third kappa shape index (κ3) is 2.56. The van der Waals surface area contributed by atoms with Gasteiger partial charge in [0.25, 0.3) is 0 Å². The van der Waals surface area contributed by atoms with Crippen LogP contribution in [0.5, 0.6) is 0 Å². The molecule has 110 valence electrons. The van der Waals surface area contributed by atoms with Gasteiger partial charge in [-0.25, -0.2) is 13.2 Å². The summed E-state index contributed by atoms with van der Waals surface area (Å²) in [7, 11) is -2.21. The second kappa shape index (κ2) is 5.15. The lowest BCUT2D eigenvalue weighted by molar-refractivity contribution is -0.132. The highest BCUT2D eigenvalue weighted by atomic mass is 32.2. The molecule has 2 heterocycles. The number of rotatable bonds is 3. The van der Waals surface area contributed by atoms with Crippen LogP contribution >= 0.6 is 11.3 Å². The predicted molar refractivity (Wildman–Crippen MR) is 72.4 cm³/mol. The molecule has 0 spiro atoms. The highest BCUT2D eigenvalue weighted by Gasteiger charge is 2.33. The number of amides is 1. The lowest BCUT2D eigenvalue weighted by Gasteiger charge is -2.31. The van der Waals surface area contributed by atoms with Crippen molar-refractivity contribution in [1.82, 2.24) is 9.21 Å². The minimum Gasteiger partial charge on any atom is -0.477 e. The molecular weight excluding hydrogens is 304 g/mol. The number of nitrogens with zero attached hydrogens (tertiary/aromatic N) is 2. The van der Waals surface area contributed by atoms with Gasteiger partial charge in [-0.3, -0.25) is 4.79 Å². The van der Waals surface area contributed by atoms with Gasteiger partial charge >= 0.3 is 5.97 Å². The first-order valence-corrected chi connectivity index (χ1v) is 8.07. The Morgan fingerprint density at radius 2 is 2.05 bits per heavy atom. The van der Waals surface area contributed by atoms with Gasteiger partial charge in [0.15, 0.2) is 0 Å². The Morgan fingerprint density at radius 1 is 1.40 bits per heavy atom. The molecule has 2 rings (SSSR count). The molecule has 0 saturated carbocycles. The van der Waals surface area contributed by atoms with E-state index in [1.807, 2.05) is 0 Å². The summed E-state index contributed by atoms with van der Waals surface area (Å²) in [6.45, 7) is 1.88. The van der Waals surface area contributed by atoms with Crippen LogP contribution in [0.4, 0.5) is 0 Å². The summed E-state index contributed by atoms with van der Waals surface area (Å²) in [5.41, 5.74) is 0. The third-order valence-electron chi connectivity index (χ3n) is 3.12. The molecule has 1 fully saturated rings. The number of aromatic carboxylic acids is 1. The average Bonchev–Trinajstić information content (AvgIpc) is 2.75. The molecule has 1 saturated heterocycles. The van der Waals surface area contributed by atoms with E-state index < -0.39 is 16.0 Å². The maximum absolute atomic E-state index is 12.5. The summed E-state index contributed by atoms with van der Waals surface area (Å²) in [5, 5.41) is 8.92. The van der Waals surface area contributed by atoms with Crippen molar-refractivity contribution in [2.75, 3.05) is 26.7 Å². The van der Waals surface area contributed by atoms with E-state index in [0.717, 1.165) is 21.7 Å². The number of thiophene rings is 1. The number of carboxylic acid groups (broad SMARTS) is 1. The van der Waals surface area contributed by atoms with Crippen molar-refractivity contribution >= 4 is 33.2 Å². The summed E-state index contributed by atoms with van der Waals surface area (Å²) in [6, 6.07) is 1.15. The largest absolute Gasteiger partial charge is 0.477 e. The van der Waals surface area contributed by atoms with Gasteiger partial charge in [-0.2, -0.15) is 4.31 Å². The molecule has 1 aromatic heterocycles. The Balaban J connectivity index is 2.36. The predicted octanol–water partition coefficient (Wildman–Crippen LogP) is 0.217. The number of sulfonamides is 1. The summed E-state index contributed by atoms with van der Waals surface area (Å²) >= 11 is 0.914. The molecule has 0 aromatic carbocycles. The summed E-state index contributed by atoms with van der Waals surface area (Å²) in [5.74, 6) is -1.43. The number of hydrogen-bond donors (Lipinski definition) is 1. The highest BCUT2D eigenvalue weighted by Crippen LogP contribution is 2.28. The normalized spacial score (nSPS) is 17.5. The van der Waals surface area contributed by atoms with Crippen molar-refractivity contribution in [2.45, 2.75) is 11.8 Å². The van der Waals surface area contributed by atoms with Gasteiger partial charge in [-0.15, -0.1) is 11.3 Å². The minimum absolute atomic E-state index is 0.0264. The van der Waals surface area contributed by atoms with Gasteiger partial charge in [0, 0.05) is 25.0 Å². The molecule has 1 N–H and O–H groups in total. The maximum atomic E-state index is 12.5. The molecule has 0 bridgehead atoms. The van der Waals surface area contributed by atoms with Gasteiger partial charge in [0.05, 0.1) is 11.4 Å². The molecule has 9 heteroatoms. The van der Waals surface area contributed by atoms with E-state index in [1.165, 1.54) is 4.90 Å². The Morgan fingerprint density at radius 3 is 2.55 bits per heavy atom. The van der Waals surface area contributed by atoms with Crippen molar-refractivity contribution in [2.24, 2.45) is 0 Å². The van der Waals surface area contributed by atoms with Crippen LogP contribution in [0, 0.1) is 6.92 Å². The zero-order chi connectivity index (χ0) is 15.1. The number of carbonyl (C=O) groups excluding carboxylic acids is 1. The molecule has 0 radical (unpaired) electrons. The number of aryl methyl sites for hydroxylation is 1. The first kappa shape index (κ1) is 14.9. The molecule has 7 nitrogen and oxygen atoms in total. The van der Waals surface area contributed by atoms with E-state index in [4.69, 9.17) is 5.11 Å². The zero-order valence-electron chi connectivity index (χ0n) is 11.0. The summed E-state index contributed by atoms with van der Waals surface area (Å²) in [4.78, 5) is 24.3. The Kier molecular flexibility index (Phi) is 3.85. The standard InChI is InChI=1S/C11H14N2O5S2/c1-7-9(5-8(19-7)11(15)16)20(17,18)13-4-3-12(2)10(14)6-13/h5H,3-4,6H2,1-2H3,(H,15,16). The lowest BCUT2D eigenvalue weighted by Crippen LogP contribution is -2.50. The Labute approximate surface area is 120 Å². The van der Waals surface area contributed by atoms with Crippen molar-refractivity contribution in [3.8, 4) is 0 Å². The molecule has 1 aliphatic rings. The van der Waals surface area contributed by atoms with Crippen LogP contribution in [0.3, 0.4) is 0 Å². The number of carbonyl (C=O) groups is 2. The van der Waals surface area contributed by atoms with E-state index in [0.29, 0.717) is 11.4 Å². The molecule has 0 aliphatic carbocycles. The van der Waals surface area contributed by atoms with E-state index in [2.05, 4.69) is 0 Å². The number of likely N-dealkylation sites (N-methyl/N-ethyl adjacent to an activating group) is 1. The molecular formula is C11H14N2O5S2. The van der Waals surface area contributed by atoms with Crippen LogP contribution in [-0.4, -0.2) is 61.3 Å². The van der Waals surface area contributed by atoms with Crippen LogP contribution in [0.1, 0.15) is 14.5 Å². The van der Waals surface area contributed by atoms with Gasteiger partial charge in [0.1, 0.15) is 4.88 Å². The van der Waals surface area contributed by atoms with E-state index in [-0.39, 0.29) is 28.8 Å². The fraction of sp³-hybridized carbons (Fsp3) is 0.455. The minimum atomic E-state index is -3.83. The number of carboxylic acids is 1. The van der Waals surface area contributed by atoms with Crippen LogP contribution < -0.4 is 0 Å². The van der Waals surface area contributed by atoms with E-state index >= 15 is 0 Å². The first-order chi connectivity index (χ1) is 9.23. The topological polar surface area (TPSA) is 95.0 Å². The van der Waals surface area contributed by atoms with Gasteiger partial charge in [-0.05, 0) is 13.0 Å². The Hall–Kier alpha value is -1.45. The first-order valence-electron chi connectivity index (χ1n) is 5.81. The Bertz CT molecular complexity index is 664. The van der Waals surface area contributed by atoms with Gasteiger partial charge < -0.3 is 10.0 Å². The molecule has 0 unspecified atom stereocenters. The van der Waals surface area contributed by atoms with Gasteiger partial charge in [0.2, 0.25) is 15.9 Å². The molecule has 20 heavy (non-hydrogen) atoms. The van der Waals surface area contributed by atoms with Crippen LogP contribution in [0.15, 0.2) is 11.0 Å². The lowest BCUT2D eigenvalue weighted by atomic mass is 10.4. The SMILES string of the molecule is Cc1sc(C(=O)O)cc1S(=O)(=O)N1CCN(C)C(=O)C1. The highest BCUT2D eigenvalue weighted by molar-refractivity contribution is 7.89. The van der Waals surface area contributed by atoms with E-state index in [9.17, 15) is 18.0 Å². The maximum Gasteiger partial charge on any atom is 0.345 e. The van der Waals surface area contributed by atoms with E-state index in [1.54, 1.807) is 14.0 Å². The molecule has 0 atom stereocenters. The smallest absolute Gasteiger partial charge is 0.345 e. The van der Waals surface area contributed by atoms with Crippen LogP contribution in [0.25, 0.3) is 0 Å². The zero-order valence-corrected chi connectivity index (χ0v) is 12.6. The fourth-order valence-corrected chi connectivity index (χ4v) is 4.69. The van der Waals surface area contributed by atoms with Crippen LogP contribution in [-0.2, 0) is 14.8 Å². The fourth-order valence-electron chi connectivity index (χ4n) is 1.91. The van der Waals surface area contributed by atoms with Crippen LogP contribution in [0.2, 0.25) is 0 Å². The quantitative estimate of drug-likeness (QED) is 0.860. The second-order valence-electron chi connectivity index (χ2n) is 4.49. The molecule has 1 aliphatic heterocycles. The van der Waals surface area contributed by atoms with Crippen molar-refractivity contribution in [1.29, 1.82) is 0 Å². The summed E-state index contributed by atoms with van der Waals surface area (Å²) < 4.78 is 26.0. The van der Waals surface area contributed by atoms with Crippen molar-refractivity contribution < 1.29 is 23.1 Å². The second-order valence-corrected chi connectivity index (χ2v) is 7.65. The monoisotopic (exact) mass is 318 g/mol. The third-order valence-corrected chi connectivity index (χ3v) is 6.26. The van der Waals surface area contributed by atoms with Crippen molar-refractivity contribution in [3.05, 3.63) is 15.8 Å². The molecule has 1 aromatic rings. The number of piperazine rings is 1. The van der Waals surface area contributed by atoms with Crippen molar-refractivity contribution in [3.63, 3.8) is 0 Å². The summed E-state index contributed by atoms with van der Waals surface area (Å²) in [6.07, 6.45) is 0. The van der Waals surface area contributed by atoms with Gasteiger partial charge in [-0.1, -0.05) is 0 Å². The average molecular weight is 318 g/mol. The molecule has 1 amide bonds. The number of hydrogen-bond acceptors (Lipinski definition) is 5.